The lowest BCUT2D eigenvalue weighted by Crippen LogP contribution is -2.30. The van der Waals surface area contributed by atoms with Crippen molar-refractivity contribution in [1.29, 1.82) is 0 Å². The first-order valence-corrected chi connectivity index (χ1v) is 3.12. The molecule has 2 nitrogen and oxygen atoms in total. The molecule has 1 rings (SSSR count). The van der Waals surface area contributed by atoms with Crippen LogP contribution in [-0.4, -0.2) is 24.3 Å². The van der Waals surface area contributed by atoms with Gasteiger partial charge in [0.05, 0.1) is 6.10 Å². The summed E-state index contributed by atoms with van der Waals surface area (Å²) in [6.45, 7) is 1.97. The van der Waals surface area contributed by atoms with Crippen molar-refractivity contribution in [1.82, 2.24) is 5.32 Å². The van der Waals surface area contributed by atoms with Crippen molar-refractivity contribution >= 4 is 0 Å². The standard InChI is InChI=1S/C5H11NO.C2H2/c7-5-1-3-6-4-2-5;1-2/h5-7H,1-4H2;1-2H. The van der Waals surface area contributed by atoms with Crippen LogP contribution in [0.1, 0.15) is 12.8 Å². The Morgan fingerprint density at radius 2 is 1.67 bits per heavy atom. The lowest BCUT2D eigenvalue weighted by molar-refractivity contribution is 0.137. The van der Waals surface area contributed by atoms with Crippen LogP contribution in [-0.2, 0) is 0 Å². The molecule has 0 aliphatic carbocycles. The number of nitrogens with one attached hydrogen (secondary N) is 1. The van der Waals surface area contributed by atoms with E-state index in [1.165, 1.54) is 0 Å². The molecular formula is C7H13NO. The summed E-state index contributed by atoms with van der Waals surface area (Å²) in [5, 5.41) is 12.0. The van der Waals surface area contributed by atoms with Gasteiger partial charge in [0.2, 0.25) is 0 Å². The number of terminal acetylenes is 1. The van der Waals surface area contributed by atoms with E-state index >= 15 is 0 Å². The molecule has 0 spiro atoms. The number of rotatable bonds is 0. The Bertz CT molecular complexity index is 74.2. The van der Waals surface area contributed by atoms with E-state index < -0.39 is 0 Å². The lowest BCUT2D eigenvalue weighted by Gasteiger charge is -2.16. The summed E-state index contributed by atoms with van der Waals surface area (Å²) in [6, 6.07) is 0. The second-order valence-electron chi connectivity index (χ2n) is 1.98. The molecule has 52 valence electrons. The summed E-state index contributed by atoms with van der Waals surface area (Å²) in [5.41, 5.74) is 0. The van der Waals surface area contributed by atoms with Gasteiger partial charge < -0.3 is 10.4 Å². The Morgan fingerprint density at radius 3 is 1.89 bits per heavy atom. The first-order valence-electron chi connectivity index (χ1n) is 3.12. The Hall–Kier alpha value is -0.520. The highest BCUT2D eigenvalue weighted by molar-refractivity contribution is 4.65. The molecule has 0 radical (unpaired) electrons. The van der Waals surface area contributed by atoms with Crippen molar-refractivity contribution < 1.29 is 5.11 Å². The van der Waals surface area contributed by atoms with Crippen molar-refractivity contribution in [3.63, 3.8) is 0 Å². The van der Waals surface area contributed by atoms with Crippen LogP contribution < -0.4 is 5.32 Å². The summed E-state index contributed by atoms with van der Waals surface area (Å²) in [4.78, 5) is 0. The van der Waals surface area contributed by atoms with E-state index in [1.54, 1.807) is 0 Å². The van der Waals surface area contributed by atoms with Crippen LogP contribution in [0.4, 0.5) is 0 Å². The third kappa shape index (κ3) is 4.01. The van der Waals surface area contributed by atoms with E-state index in [4.69, 9.17) is 5.11 Å². The fourth-order valence-electron chi connectivity index (χ4n) is 0.807. The largest absolute Gasteiger partial charge is 0.393 e. The molecule has 9 heavy (non-hydrogen) atoms. The van der Waals surface area contributed by atoms with Crippen LogP contribution in [0.15, 0.2) is 0 Å². The zero-order valence-corrected chi connectivity index (χ0v) is 5.51. The van der Waals surface area contributed by atoms with Gasteiger partial charge in [-0.15, -0.1) is 12.8 Å². The molecule has 0 saturated carbocycles. The number of aliphatic hydroxyl groups excluding tert-OH is 1. The minimum atomic E-state index is -0.0266. The molecule has 0 unspecified atom stereocenters. The molecule has 0 bridgehead atoms. The highest BCUT2D eigenvalue weighted by Crippen LogP contribution is 1.99. The molecule has 1 heterocycles. The molecule has 1 fully saturated rings. The molecular weight excluding hydrogens is 114 g/mol. The molecule has 0 aromatic heterocycles. The number of aliphatic hydroxyl groups is 1. The molecule has 0 amide bonds. The number of hydrogen-bond donors (Lipinski definition) is 2. The molecule has 1 saturated heterocycles. The van der Waals surface area contributed by atoms with Gasteiger partial charge in [-0.05, 0) is 25.9 Å². The first-order chi connectivity index (χ1) is 4.39. The number of piperidine rings is 1. The summed E-state index contributed by atoms with van der Waals surface area (Å²) in [5.74, 6) is 0. The van der Waals surface area contributed by atoms with Crippen LogP contribution in [0.5, 0.6) is 0 Å². The lowest BCUT2D eigenvalue weighted by atomic mass is 10.1. The van der Waals surface area contributed by atoms with E-state index in [2.05, 4.69) is 18.2 Å². The minimum absolute atomic E-state index is 0.0266. The summed E-state index contributed by atoms with van der Waals surface area (Å²) >= 11 is 0. The molecule has 1 aliphatic rings. The van der Waals surface area contributed by atoms with E-state index in [9.17, 15) is 0 Å². The summed E-state index contributed by atoms with van der Waals surface area (Å²) in [7, 11) is 0. The van der Waals surface area contributed by atoms with Crippen molar-refractivity contribution in [2.45, 2.75) is 18.9 Å². The predicted octanol–water partition coefficient (Wildman–Crippen LogP) is -0.0199. The van der Waals surface area contributed by atoms with Crippen LogP contribution in [0, 0.1) is 12.8 Å². The van der Waals surface area contributed by atoms with Gasteiger partial charge >= 0.3 is 0 Å². The highest BCUT2D eigenvalue weighted by atomic mass is 16.3. The Morgan fingerprint density at radius 1 is 1.22 bits per heavy atom. The van der Waals surface area contributed by atoms with Crippen LogP contribution in [0.2, 0.25) is 0 Å². The van der Waals surface area contributed by atoms with Gasteiger partial charge in [-0.2, -0.15) is 0 Å². The Balaban J connectivity index is 0.000000291. The molecule has 0 aromatic rings. The van der Waals surface area contributed by atoms with Crippen LogP contribution in [0.3, 0.4) is 0 Å². The van der Waals surface area contributed by atoms with Gasteiger partial charge in [-0.3, -0.25) is 0 Å². The molecule has 2 N–H and O–H groups in total. The second-order valence-corrected chi connectivity index (χ2v) is 1.98. The Labute approximate surface area is 56.3 Å². The van der Waals surface area contributed by atoms with Crippen LogP contribution >= 0.6 is 0 Å². The first kappa shape index (κ1) is 8.48. The monoisotopic (exact) mass is 127 g/mol. The molecule has 0 atom stereocenters. The average molecular weight is 127 g/mol. The van der Waals surface area contributed by atoms with Crippen molar-refractivity contribution in [3.05, 3.63) is 0 Å². The maximum Gasteiger partial charge on any atom is 0.0564 e. The van der Waals surface area contributed by atoms with Gasteiger partial charge in [-0.25, -0.2) is 0 Å². The second kappa shape index (κ2) is 5.61. The van der Waals surface area contributed by atoms with E-state index in [1.807, 2.05) is 0 Å². The summed E-state index contributed by atoms with van der Waals surface area (Å²) in [6.07, 6.45) is 9.83. The van der Waals surface area contributed by atoms with E-state index in [0.29, 0.717) is 0 Å². The molecule has 0 aromatic carbocycles. The highest BCUT2D eigenvalue weighted by Gasteiger charge is 2.06. The van der Waals surface area contributed by atoms with Gasteiger partial charge in [0, 0.05) is 0 Å². The maximum atomic E-state index is 8.87. The smallest absolute Gasteiger partial charge is 0.0564 e. The van der Waals surface area contributed by atoms with Crippen LogP contribution in [0.25, 0.3) is 0 Å². The van der Waals surface area contributed by atoms with Crippen molar-refractivity contribution in [3.8, 4) is 12.8 Å². The third-order valence-electron chi connectivity index (χ3n) is 1.31. The predicted molar refractivity (Wildman–Crippen MR) is 38.0 cm³/mol. The van der Waals surface area contributed by atoms with Gasteiger partial charge in [0.1, 0.15) is 0 Å². The maximum absolute atomic E-state index is 8.87. The van der Waals surface area contributed by atoms with Crippen molar-refractivity contribution in [2.24, 2.45) is 0 Å². The fourth-order valence-corrected chi connectivity index (χ4v) is 0.807. The van der Waals surface area contributed by atoms with Gasteiger partial charge in [0.25, 0.3) is 0 Å². The normalized spacial score (nSPS) is 19.9. The van der Waals surface area contributed by atoms with Gasteiger partial charge in [0.15, 0.2) is 0 Å². The van der Waals surface area contributed by atoms with E-state index in [-0.39, 0.29) is 6.10 Å². The number of hydrogen-bond acceptors (Lipinski definition) is 2. The third-order valence-corrected chi connectivity index (χ3v) is 1.31. The minimum Gasteiger partial charge on any atom is -0.393 e. The van der Waals surface area contributed by atoms with Crippen molar-refractivity contribution in [2.75, 3.05) is 13.1 Å². The Kier molecular flexibility index (Phi) is 5.29. The zero-order chi connectivity index (χ0) is 7.11. The SMILES string of the molecule is C#C.OC1CCNCC1. The van der Waals surface area contributed by atoms with E-state index in [0.717, 1.165) is 25.9 Å². The topological polar surface area (TPSA) is 32.3 Å². The summed E-state index contributed by atoms with van der Waals surface area (Å²) < 4.78 is 0. The zero-order valence-electron chi connectivity index (χ0n) is 5.51. The fraction of sp³-hybridized carbons (Fsp3) is 0.714. The average Bonchev–Trinajstić information content (AvgIpc) is 1.94. The quantitative estimate of drug-likeness (QED) is 0.448. The molecule has 1 aliphatic heterocycles. The van der Waals surface area contributed by atoms with Gasteiger partial charge in [-0.1, -0.05) is 0 Å². The molecule has 2 heteroatoms.